The van der Waals surface area contributed by atoms with Crippen molar-refractivity contribution in [2.45, 2.75) is 90.5 Å². The summed E-state index contributed by atoms with van der Waals surface area (Å²) in [6.45, 7) is 12.5. The zero-order chi connectivity index (χ0) is 46.0. The van der Waals surface area contributed by atoms with Crippen LogP contribution in [0, 0.1) is 17.8 Å². The monoisotopic (exact) mass is 996 g/mol. The zero-order valence-electron chi connectivity index (χ0n) is 36.3. The van der Waals surface area contributed by atoms with Crippen molar-refractivity contribution in [3.63, 3.8) is 0 Å². The van der Waals surface area contributed by atoms with Gasteiger partial charge in [0.25, 0.3) is 11.8 Å². The standard InChI is InChI=1S/C23H29BrN4O3.C17H26N2O2.C6H4BrFN2O/c1-23(2)13-17(14-28(23)21-18(20(25)29)10-11-19(24)27-21)9-6-12-26-22(30)31-15-16-7-4-3-5-8-16;1-17(2)11-15(12-19-17)9-6-10-18-16(20)21-13-14-7-4-3-5-8-14;7-4-2-1-3(6(9)11)5(8)10-4/h3-5,7-8,10-11,17H,6,9,12-15H2,1-2H3,(H2,25,29)(H,26,30);3-5,7-8,15,19H,6,9-13H2,1-2H3,(H,18,20);1-2H,(H2,9,11)/t17-;15-;/m00./s1. The summed E-state index contributed by atoms with van der Waals surface area (Å²) in [5, 5.41) is 9.16. The van der Waals surface area contributed by atoms with Gasteiger partial charge in [-0.15, -0.1) is 0 Å². The molecule has 2 aliphatic heterocycles. The van der Waals surface area contributed by atoms with Gasteiger partial charge in [-0.3, -0.25) is 9.59 Å². The highest BCUT2D eigenvalue weighted by Gasteiger charge is 2.40. The first kappa shape index (κ1) is 50.5. The van der Waals surface area contributed by atoms with Crippen molar-refractivity contribution in [1.82, 2.24) is 25.9 Å². The van der Waals surface area contributed by atoms with Crippen LogP contribution in [0.3, 0.4) is 0 Å². The SMILES string of the molecule is CC1(C)C[C@H](CCCNC(=O)OCc2ccccc2)CN1.CC1(C)C[C@H](CCCNC(=O)OCc2ccccc2)CN1c1nc(Br)ccc1C(N)=O.NC(=O)c1ccc(Br)nc1F. The molecular weight excluding hydrogens is 939 g/mol. The summed E-state index contributed by atoms with van der Waals surface area (Å²) in [5.41, 5.74) is 12.7. The molecule has 2 aromatic heterocycles. The first-order chi connectivity index (χ1) is 29.9. The second-order valence-corrected chi connectivity index (χ2v) is 18.4. The molecule has 4 amide bonds. The van der Waals surface area contributed by atoms with Crippen LogP contribution in [0.1, 0.15) is 98.1 Å². The molecule has 2 aromatic carbocycles. The molecule has 4 aromatic rings. The van der Waals surface area contributed by atoms with Gasteiger partial charge >= 0.3 is 12.2 Å². The van der Waals surface area contributed by atoms with Crippen molar-refractivity contribution < 1.29 is 33.0 Å². The van der Waals surface area contributed by atoms with E-state index in [2.05, 4.69) is 90.4 Å². The molecule has 7 N–H and O–H groups in total. The summed E-state index contributed by atoms with van der Waals surface area (Å²) in [7, 11) is 0. The third kappa shape index (κ3) is 17.5. The van der Waals surface area contributed by atoms with Crippen LogP contribution in [0.25, 0.3) is 0 Å². The smallest absolute Gasteiger partial charge is 0.407 e. The molecule has 0 bridgehead atoms. The van der Waals surface area contributed by atoms with Crippen LogP contribution in [0.15, 0.2) is 94.1 Å². The van der Waals surface area contributed by atoms with E-state index in [0.717, 1.165) is 62.2 Å². The quantitative estimate of drug-likeness (QED) is 0.0568. The Morgan fingerprint density at radius 2 is 1.22 bits per heavy atom. The number of nitrogens with one attached hydrogen (secondary N) is 3. The van der Waals surface area contributed by atoms with E-state index < -0.39 is 23.9 Å². The minimum atomic E-state index is -0.855. The lowest BCUT2D eigenvalue weighted by Gasteiger charge is -2.33. The Balaban J connectivity index is 0.000000233. The molecule has 14 nitrogen and oxygen atoms in total. The molecule has 63 heavy (non-hydrogen) atoms. The van der Waals surface area contributed by atoms with Crippen LogP contribution in [-0.4, -0.2) is 71.2 Å². The molecule has 4 heterocycles. The number of carbonyl (C=O) groups excluding carboxylic acids is 4. The second kappa shape index (κ2) is 24.6. The number of carbonyl (C=O) groups is 4. The van der Waals surface area contributed by atoms with Gasteiger partial charge in [0.2, 0.25) is 5.95 Å². The molecular formula is C46H59Br2FN8O6. The van der Waals surface area contributed by atoms with Gasteiger partial charge in [-0.2, -0.15) is 4.39 Å². The van der Waals surface area contributed by atoms with E-state index in [1.165, 1.54) is 18.6 Å². The van der Waals surface area contributed by atoms with Gasteiger partial charge in [0.15, 0.2) is 0 Å². The van der Waals surface area contributed by atoms with Crippen molar-refractivity contribution in [2.75, 3.05) is 31.1 Å². The lowest BCUT2D eigenvalue weighted by molar-refractivity contribution is 0.0989. The first-order valence-corrected chi connectivity index (χ1v) is 22.5. The Labute approximate surface area is 386 Å². The fourth-order valence-corrected chi connectivity index (χ4v) is 8.16. The number of nitrogens with zero attached hydrogens (tertiary/aromatic N) is 3. The van der Waals surface area contributed by atoms with Crippen molar-refractivity contribution in [2.24, 2.45) is 23.3 Å². The highest BCUT2D eigenvalue weighted by atomic mass is 79.9. The van der Waals surface area contributed by atoms with E-state index in [1.54, 1.807) is 12.1 Å². The maximum Gasteiger partial charge on any atom is 0.407 e. The Bertz CT molecular complexity index is 2120. The van der Waals surface area contributed by atoms with Crippen LogP contribution in [-0.2, 0) is 22.7 Å². The molecule has 2 saturated heterocycles. The molecule has 340 valence electrons. The summed E-state index contributed by atoms with van der Waals surface area (Å²) in [5.74, 6) is -0.375. The number of hydrogen-bond acceptors (Lipinski definition) is 10. The number of primary amides is 2. The lowest BCUT2D eigenvalue weighted by Crippen LogP contribution is -2.40. The number of ether oxygens (including phenoxy) is 2. The van der Waals surface area contributed by atoms with Crippen molar-refractivity contribution in [1.29, 1.82) is 0 Å². The van der Waals surface area contributed by atoms with Gasteiger partial charge in [0, 0.05) is 30.7 Å². The third-order valence-corrected chi connectivity index (χ3v) is 11.5. The van der Waals surface area contributed by atoms with Gasteiger partial charge in [-0.1, -0.05) is 60.7 Å². The maximum absolute atomic E-state index is 12.7. The molecule has 0 aliphatic carbocycles. The van der Waals surface area contributed by atoms with Crippen LogP contribution < -0.4 is 32.3 Å². The molecule has 0 unspecified atom stereocenters. The molecule has 0 saturated carbocycles. The Kier molecular flexibility index (Phi) is 19.8. The average Bonchev–Trinajstić information content (AvgIpc) is 3.75. The fraction of sp³-hybridized carbons (Fsp3) is 0.435. The predicted molar refractivity (Wildman–Crippen MR) is 248 cm³/mol. The van der Waals surface area contributed by atoms with E-state index >= 15 is 0 Å². The molecule has 17 heteroatoms. The zero-order valence-corrected chi connectivity index (χ0v) is 39.5. The summed E-state index contributed by atoms with van der Waals surface area (Å²) in [6.07, 6.45) is 5.41. The largest absolute Gasteiger partial charge is 0.445 e. The van der Waals surface area contributed by atoms with Crippen molar-refractivity contribution in [3.8, 4) is 0 Å². The minimum Gasteiger partial charge on any atom is -0.445 e. The predicted octanol–water partition coefficient (Wildman–Crippen LogP) is 8.42. The van der Waals surface area contributed by atoms with Crippen LogP contribution in [0.2, 0.25) is 0 Å². The highest BCUT2D eigenvalue weighted by molar-refractivity contribution is 9.10. The Hall–Kier alpha value is -5.13. The Morgan fingerprint density at radius 3 is 1.70 bits per heavy atom. The van der Waals surface area contributed by atoms with Crippen LogP contribution in [0.5, 0.6) is 0 Å². The van der Waals surface area contributed by atoms with E-state index in [9.17, 15) is 23.6 Å². The van der Waals surface area contributed by atoms with Crippen molar-refractivity contribution in [3.05, 3.63) is 122 Å². The molecule has 2 atom stereocenters. The van der Waals surface area contributed by atoms with E-state index in [4.69, 9.17) is 20.9 Å². The number of anilines is 1. The number of aromatic nitrogens is 2. The van der Waals surface area contributed by atoms with Gasteiger partial charge in [0.05, 0.1) is 11.1 Å². The number of amides is 4. The third-order valence-electron chi connectivity index (χ3n) is 10.6. The topological polar surface area (TPSA) is 204 Å². The summed E-state index contributed by atoms with van der Waals surface area (Å²) in [6, 6.07) is 25.5. The van der Waals surface area contributed by atoms with E-state index in [1.807, 2.05) is 60.7 Å². The first-order valence-electron chi connectivity index (χ1n) is 20.9. The van der Waals surface area contributed by atoms with Gasteiger partial charge in [0.1, 0.15) is 28.2 Å². The average molecular weight is 999 g/mol. The number of alkyl carbamates (subject to hydrolysis) is 2. The maximum atomic E-state index is 12.7. The Morgan fingerprint density at radius 1 is 0.730 bits per heavy atom. The minimum absolute atomic E-state index is 0.148. The van der Waals surface area contributed by atoms with Crippen LogP contribution in [0.4, 0.5) is 19.8 Å². The number of pyridine rings is 2. The van der Waals surface area contributed by atoms with E-state index in [-0.39, 0.29) is 29.3 Å². The summed E-state index contributed by atoms with van der Waals surface area (Å²) < 4.78 is 24.1. The van der Waals surface area contributed by atoms with Crippen molar-refractivity contribution >= 4 is 61.7 Å². The van der Waals surface area contributed by atoms with Crippen LogP contribution >= 0.6 is 31.9 Å². The molecule has 2 fully saturated rings. The summed E-state index contributed by atoms with van der Waals surface area (Å²) >= 11 is 6.34. The normalized spacial score (nSPS) is 17.0. The fourth-order valence-electron chi connectivity index (χ4n) is 7.57. The number of hydrogen-bond donors (Lipinski definition) is 5. The number of nitrogens with two attached hydrogens (primary N) is 2. The highest BCUT2D eigenvalue weighted by Crippen LogP contribution is 2.39. The lowest BCUT2D eigenvalue weighted by atomic mass is 9.93. The van der Waals surface area contributed by atoms with Gasteiger partial charge in [-0.25, -0.2) is 19.6 Å². The molecule has 6 rings (SSSR count). The summed E-state index contributed by atoms with van der Waals surface area (Å²) in [4.78, 5) is 55.9. The van der Waals surface area contributed by atoms with E-state index in [0.29, 0.717) is 46.2 Å². The number of benzene rings is 2. The van der Waals surface area contributed by atoms with Gasteiger partial charge in [-0.05, 0) is 152 Å². The second-order valence-electron chi connectivity index (χ2n) is 16.8. The molecule has 0 spiro atoms. The number of rotatable bonds is 15. The molecule has 0 radical (unpaired) electrons. The number of halogens is 3. The molecule has 2 aliphatic rings. The van der Waals surface area contributed by atoms with Gasteiger partial charge < -0.3 is 41.8 Å².